The minimum atomic E-state index is 0.614. The van der Waals surface area contributed by atoms with Crippen LogP contribution in [0.1, 0.15) is 32.6 Å². The van der Waals surface area contributed by atoms with Gasteiger partial charge >= 0.3 is 0 Å². The van der Waals surface area contributed by atoms with Crippen LogP contribution in [0.25, 0.3) is 0 Å². The lowest BCUT2D eigenvalue weighted by Gasteiger charge is -2.23. The normalized spacial score (nSPS) is 27.9. The topological polar surface area (TPSA) is 20.3 Å². The third-order valence-electron chi connectivity index (χ3n) is 2.50. The average molecular weight is 155 g/mol. The van der Waals surface area contributed by atoms with E-state index in [0.29, 0.717) is 12.6 Å². The molecule has 0 aliphatic carbocycles. The van der Waals surface area contributed by atoms with Gasteiger partial charge in [-0.3, -0.25) is 4.90 Å². The van der Waals surface area contributed by atoms with E-state index in [2.05, 4.69) is 11.8 Å². The molecule has 0 aromatic carbocycles. The molecule has 2 nitrogen and oxygen atoms in total. The van der Waals surface area contributed by atoms with E-state index in [4.69, 9.17) is 0 Å². The summed E-state index contributed by atoms with van der Waals surface area (Å²) >= 11 is 0. The van der Waals surface area contributed by atoms with Crippen LogP contribution in [-0.2, 0) is 4.79 Å². The summed E-state index contributed by atoms with van der Waals surface area (Å²) in [6, 6.07) is 0.614. The highest BCUT2D eigenvalue weighted by molar-refractivity contribution is 5.52. The fraction of sp³-hybridized carbons (Fsp3) is 0.889. The van der Waals surface area contributed by atoms with Crippen LogP contribution in [0.3, 0.4) is 0 Å². The van der Waals surface area contributed by atoms with E-state index in [1.54, 1.807) is 0 Å². The first kappa shape index (κ1) is 8.72. The molecule has 2 heteroatoms. The standard InChI is InChI=1S/C9H17NO/c1-9-5-3-2-4-6-10(9)7-8-11/h8-9H,2-7H2,1H3. The molecule has 1 aliphatic rings. The molecule has 1 heterocycles. The summed E-state index contributed by atoms with van der Waals surface area (Å²) in [5, 5.41) is 0. The zero-order chi connectivity index (χ0) is 8.10. The van der Waals surface area contributed by atoms with Gasteiger partial charge in [-0.05, 0) is 26.3 Å². The highest BCUT2D eigenvalue weighted by atomic mass is 16.1. The summed E-state index contributed by atoms with van der Waals surface area (Å²) in [7, 11) is 0. The molecule has 0 radical (unpaired) electrons. The van der Waals surface area contributed by atoms with Crippen LogP contribution < -0.4 is 0 Å². The zero-order valence-corrected chi connectivity index (χ0v) is 7.25. The van der Waals surface area contributed by atoms with Crippen molar-refractivity contribution in [3.8, 4) is 0 Å². The summed E-state index contributed by atoms with van der Waals surface area (Å²) in [5.41, 5.74) is 0. The molecule has 1 rings (SSSR count). The van der Waals surface area contributed by atoms with Crippen molar-refractivity contribution in [2.75, 3.05) is 13.1 Å². The summed E-state index contributed by atoms with van der Waals surface area (Å²) in [6.07, 6.45) is 6.20. The third kappa shape index (κ3) is 2.62. The Balaban J connectivity index is 2.38. The monoisotopic (exact) mass is 155 g/mol. The third-order valence-corrected chi connectivity index (χ3v) is 2.50. The van der Waals surface area contributed by atoms with Gasteiger partial charge in [0.15, 0.2) is 0 Å². The molecular weight excluding hydrogens is 138 g/mol. The SMILES string of the molecule is CC1CCCCCN1CC=O. The molecule has 0 N–H and O–H groups in total. The summed E-state index contributed by atoms with van der Waals surface area (Å²) in [6.45, 7) is 3.95. The lowest BCUT2D eigenvalue weighted by atomic mass is 10.1. The van der Waals surface area contributed by atoms with Crippen LogP contribution in [0.15, 0.2) is 0 Å². The van der Waals surface area contributed by atoms with Crippen LogP contribution in [0, 0.1) is 0 Å². The van der Waals surface area contributed by atoms with Crippen molar-refractivity contribution in [2.24, 2.45) is 0 Å². The lowest BCUT2D eigenvalue weighted by molar-refractivity contribution is -0.109. The molecule has 0 bridgehead atoms. The number of hydrogen-bond acceptors (Lipinski definition) is 2. The molecular formula is C9H17NO. The second kappa shape index (κ2) is 4.50. The number of aldehydes is 1. The van der Waals surface area contributed by atoms with Crippen LogP contribution in [0.2, 0.25) is 0 Å². The Bertz CT molecular complexity index is 125. The Kier molecular flexibility index (Phi) is 3.57. The van der Waals surface area contributed by atoms with Crippen molar-refractivity contribution < 1.29 is 4.79 Å². The van der Waals surface area contributed by atoms with E-state index in [0.717, 1.165) is 12.8 Å². The van der Waals surface area contributed by atoms with Crippen LogP contribution in [-0.4, -0.2) is 30.3 Å². The molecule has 1 unspecified atom stereocenters. The smallest absolute Gasteiger partial charge is 0.133 e. The summed E-state index contributed by atoms with van der Waals surface area (Å²) in [5.74, 6) is 0. The first-order valence-corrected chi connectivity index (χ1v) is 4.52. The Morgan fingerprint density at radius 3 is 3.00 bits per heavy atom. The van der Waals surface area contributed by atoms with E-state index >= 15 is 0 Å². The Morgan fingerprint density at radius 1 is 1.45 bits per heavy atom. The largest absolute Gasteiger partial charge is 0.302 e. The van der Waals surface area contributed by atoms with Crippen LogP contribution >= 0.6 is 0 Å². The molecule has 64 valence electrons. The molecule has 1 fully saturated rings. The van der Waals surface area contributed by atoms with Gasteiger partial charge in [-0.25, -0.2) is 0 Å². The first-order valence-electron chi connectivity index (χ1n) is 4.52. The maximum atomic E-state index is 10.3. The van der Waals surface area contributed by atoms with E-state index in [-0.39, 0.29) is 0 Å². The van der Waals surface area contributed by atoms with Crippen LogP contribution in [0.4, 0.5) is 0 Å². The van der Waals surface area contributed by atoms with Gasteiger partial charge in [0.2, 0.25) is 0 Å². The van der Waals surface area contributed by atoms with Gasteiger partial charge < -0.3 is 4.79 Å². The molecule has 0 amide bonds. The predicted octanol–water partition coefficient (Wildman–Crippen LogP) is 1.45. The molecule has 11 heavy (non-hydrogen) atoms. The number of hydrogen-bond donors (Lipinski definition) is 0. The molecule has 0 saturated carbocycles. The number of rotatable bonds is 2. The van der Waals surface area contributed by atoms with Crippen molar-refractivity contribution in [2.45, 2.75) is 38.6 Å². The number of carbonyl (C=O) groups excluding carboxylic acids is 1. The van der Waals surface area contributed by atoms with Gasteiger partial charge in [0.25, 0.3) is 0 Å². The highest BCUT2D eigenvalue weighted by Gasteiger charge is 2.15. The van der Waals surface area contributed by atoms with E-state index in [9.17, 15) is 4.79 Å². The summed E-state index contributed by atoms with van der Waals surface area (Å²) < 4.78 is 0. The van der Waals surface area contributed by atoms with Crippen molar-refractivity contribution in [3.05, 3.63) is 0 Å². The quantitative estimate of drug-likeness (QED) is 0.562. The minimum Gasteiger partial charge on any atom is -0.302 e. The molecule has 1 saturated heterocycles. The second-order valence-corrected chi connectivity index (χ2v) is 3.36. The number of carbonyl (C=O) groups is 1. The molecule has 0 aromatic rings. The fourth-order valence-electron chi connectivity index (χ4n) is 1.70. The van der Waals surface area contributed by atoms with Gasteiger partial charge in [-0.15, -0.1) is 0 Å². The Labute approximate surface area is 68.6 Å². The maximum absolute atomic E-state index is 10.3. The number of nitrogens with zero attached hydrogens (tertiary/aromatic N) is 1. The van der Waals surface area contributed by atoms with E-state index in [1.165, 1.54) is 25.7 Å². The van der Waals surface area contributed by atoms with Crippen molar-refractivity contribution >= 4 is 6.29 Å². The maximum Gasteiger partial charge on any atom is 0.133 e. The van der Waals surface area contributed by atoms with Crippen molar-refractivity contribution in [1.29, 1.82) is 0 Å². The fourth-order valence-corrected chi connectivity index (χ4v) is 1.70. The molecule has 0 spiro atoms. The van der Waals surface area contributed by atoms with Crippen LogP contribution in [0.5, 0.6) is 0 Å². The van der Waals surface area contributed by atoms with E-state index in [1.807, 2.05) is 0 Å². The molecule has 1 aliphatic heterocycles. The summed E-state index contributed by atoms with van der Waals surface area (Å²) in [4.78, 5) is 12.6. The minimum absolute atomic E-state index is 0.614. The van der Waals surface area contributed by atoms with Crippen molar-refractivity contribution in [3.63, 3.8) is 0 Å². The van der Waals surface area contributed by atoms with Gasteiger partial charge in [-0.2, -0.15) is 0 Å². The van der Waals surface area contributed by atoms with Gasteiger partial charge in [0.05, 0.1) is 6.54 Å². The van der Waals surface area contributed by atoms with Gasteiger partial charge in [0.1, 0.15) is 6.29 Å². The second-order valence-electron chi connectivity index (χ2n) is 3.36. The first-order chi connectivity index (χ1) is 5.34. The predicted molar refractivity (Wildman–Crippen MR) is 45.6 cm³/mol. The molecule has 1 atom stereocenters. The lowest BCUT2D eigenvalue weighted by Crippen LogP contribution is -2.33. The van der Waals surface area contributed by atoms with Gasteiger partial charge in [0, 0.05) is 6.04 Å². The van der Waals surface area contributed by atoms with Gasteiger partial charge in [-0.1, -0.05) is 12.8 Å². The van der Waals surface area contributed by atoms with E-state index < -0.39 is 0 Å². The zero-order valence-electron chi connectivity index (χ0n) is 7.25. The molecule has 0 aromatic heterocycles. The highest BCUT2D eigenvalue weighted by Crippen LogP contribution is 2.14. The Morgan fingerprint density at radius 2 is 2.27 bits per heavy atom. The van der Waals surface area contributed by atoms with Crippen molar-refractivity contribution in [1.82, 2.24) is 4.90 Å². The average Bonchev–Trinajstić information content (AvgIpc) is 2.18. The Hall–Kier alpha value is -0.370. The number of likely N-dealkylation sites (tertiary alicyclic amines) is 1.